The molecule has 0 unspecified atom stereocenters. The van der Waals surface area contributed by atoms with Crippen LogP contribution < -0.4 is 0 Å². The van der Waals surface area contributed by atoms with Crippen LogP contribution >= 0.6 is 0 Å². The van der Waals surface area contributed by atoms with Gasteiger partial charge in [0.05, 0.1) is 6.04 Å². The molecule has 2 rings (SSSR count). The van der Waals surface area contributed by atoms with Gasteiger partial charge in [-0.2, -0.15) is 0 Å². The molecule has 0 fully saturated rings. The third-order valence-corrected chi connectivity index (χ3v) is 1.59. The zero-order valence-corrected chi connectivity index (χ0v) is 5.51. The lowest BCUT2D eigenvalue weighted by atomic mass is 10.2. The van der Waals surface area contributed by atoms with Gasteiger partial charge in [-0.25, -0.2) is 0 Å². The maximum Gasteiger partial charge on any atom is 0.0869 e. The highest BCUT2D eigenvalue weighted by Gasteiger charge is 2.10. The van der Waals surface area contributed by atoms with Crippen molar-refractivity contribution in [2.45, 2.75) is 6.04 Å². The number of allylic oxidation sites excluding steroid dienone is 2. The van der Waals surface area contributed by atoms with Gasteiger partial charge in [0.15, 0.2) is 0 Å². The summed E-state index contributed by atoms with van der Waals surface area (Å²) in [5, 5.41) is 0. The minimum atomic E-state index is 0.343. The summed E-state index contributed by atoms with van der Waals surface area (Å²) in [5.74, 6) is 0. The van der Waals surface area contributed by atoms with Gasteiger partial charge in [0.2, 0.25) is 0 Å². The van der Waals surface area contributed by atoms with Crippen LogP contribution in [0, 0.1) is 0 Å². The minimum Gasteiger partial charge on any atom is -0.341 e. The van der Waals surface area contributed by atoms with E-state index in [9.17, 15) is 0 Å². The van der Waals surface area contributed by atoms with Gasteiger partial charge in [0.25, 0.3) is 0 Å². The predicted molar refractivity (Wildman–Crippen MR) is 41.5 cm³/mol. The number of hydrogen-bond acceptors (Lipinski definition) is 2. The first-order chi connectivity index (χ1) is 4.97. The minimum absolute atomic E-state index is 0.343. The fraction of sp³-hybridized carbons (Fsp3) is 0.125. The van der Waals surface area contributed by atoms with Crippen molar-refractivity contribution in [3.05, 3.63) is 36.8 Å². The topological polar surface area (TPSA) is 15.6 Å². The van der Waals surface area contributed by atoms with Crippen LogP contribution in [0.5, 0.6) is 0 Å². The lowest BCUT2D eigenvalue weighted by molar-refractivity contribution is 0.500. The van der Waals surface area contributed by atoms with Crippen molar-refractivity contribution in [1.82, 2.24) is 4.90 Å². The second-order valence-electron chi connectivity index (χ2n) is 2.26. The molecule has 0 bridgehead atoms. The Kier molecular flexibility index (Phi) is 1.17. The van der Waals surface area contributed by atoms with Crippen LogP contribution in [0.2, 0.25) is 0 Å². The van der Waals surface area contributed by atoms with Gasteiger partial charge in [-0.3, -0.25) is 4.99 Å². The van der Waals surface area contributed by atoms with Gasteiger partial charge < -0.3 is 4.90 Å². The van der Waals surface area contributed by atoms with E-state index in [0.717, 1.165) is 0 Å². The summed E-state index contributed by atoms with van der Waals surface area (Å²) in [6.07, 6.45) is 13.9. The first kappa shape index (κ1) is 5.47. The molecular weight excluding hydrogens is 124 g/mol. The van der Waals surface area contributed by atoms with E-state index < -0.39 is 0 Å². The molecule has 0 aromatic carbocycles. The van der Waals surface area contributed by atoms with Crippen LogP contribution in [0.4, 0.5) is 0 Å². The van der Waals surface area contributed by atoms with E-state index in [0.29, 0.717) is 6.04 Å². The van der Waals surface area contributed by atoms with Crippen LogP contribution in [0.25, 0.3) is 0 Å². The SMILES string of the molecule is C1=C[C@@H]2C=NC=CN2C=C1. The third-order valence-electron chi connectivity index (χ3n) is 1.59. The van der Waals surface area contributed by atoms with Crippen molar-refractivity contribution in [1.29, 1.82) is 0 Å². The number of aliphatic imine (C=N–C) groups is 1. The lowest BCUT2D eigenvalue weighted by Crippen LogP contribution is -2.28. The molecule has 2 heterocycles. The average Bonchev–Trinajstić information content (AvgIpc) is 2.05. The maximum atomic E-state index is 4.03. The lowest BCUT2D eigenvalue weighted by Gasteiger charge is -2.25. The molecule has 2 heteroatoms. The second-order valence-corrected chi connectivity index (χ2v) is 2.26. The van der Waals surface area contributed by atoms with Crippen LogP contribution in [0.3, 0.4) is 0 Å². The van der Waals surface area contributed by atoms with E-state index >= 15 is 0 Å². The average molecular weight is 132 g/mol. The number of rotatable bonds is 0. The predicted octanol–water partition coefficient (Wildman–Crippen LogP) is 1.30. The third kappa shape index (κ3) is 0.778. The van der Waals surface area contributed by atoms with E-state index in [2.05, 4.69) is 16.0 Å². The summed E-state index contributed by atoms with van der Waals surface area (Å²) in [4.78, 5) is 6.13. The number of hydrogen-bond donors (Lipinski definition) is 0. The molecule has 0 aromatic rings. The van der Waals surface area contributed by atoms with E-state index in [4.69, 9.17) is 0 Å². The summed E-state index contributed by atoms with van der Waals surface area (Å²) >= 11 is 0. The van der Waals surface area contributed by atoms with Gasteiger partial charge >= 0.3 is 0 Å². The summed E-state index contributed by atoms with van der Waals surface area (Å²) in [5.41, 5.74) is 0. The molecular formula is C8H8N2. The van der Waals surface area contributed by atoms with Gasteiger partial charge in [-0.05, 0) is 6.08 Å². The monoisotopic (exact) mass is 132 g/mol. The smallest absolute Gasteiger partial charge is 0.0869 e. The Morgan fingerprint density at radius 3 is 3.10 bits per heavy atom. The Labute approximate surface area is 59.9 Å². The Morgan fingerprint density at radius 1 is 1.20 bits per heavy atom. The van der Waals surface area contributed by atoms with E-state index in [1.807, 2.05) is 30.8 Å². The maximum absolute atomic E-state index is 4.03. The first-order valence-corrected chi connectivity index (χ1v) is 3.29. The molecule has 2 aliphatic rings. The molecule has 0 saturated carbocycles. The summed E-state index contributed by atoms with van der Waals surface area (Å²) in [6, 6.07) is 0.343. The van der Waals surface area contributed by atoms with Crippen LogP contribution in [0.15, 0.2) is 41.8 Å². The Bertz CT molecular complexity index is 186. The molecule has 0 amide bonds. The molecule has 0 spiro atoms. The fourth-order valence-electron chi connectivity index (χ4n) is 1.05. The van der Waals surface area contributed by atoms with Gasteiger partial charge in [-0.1, -0.05) is 12.2 Å². The number of fused-ring (bicyclic) bond motifs is 1. The van der Waals surface area contributed by atoms with E-state index in [-0.39, 0.29) is 0 Å². The van der Waals surface area contributed by atoms with E-state index in [1.165, 1.54) is 0 Å². The highest BCUT2D eigenvalue weighted by molar-refractivity contribution is 5.70. The Hall–Kier alpha value is -1.31. The number of nitrogens with zero attached hydrogens (tertiary/aromatic N) is 2. The molecule has 2 nitrogen and oxygen atoms in total. The standard InChI is InChI=1S/C8H8N2/c1-2-5-10-6-4-9-7-8(10)3-1/h1-8H/t8-/m1/s1. The Balaban J connectivity index is 2.28. The van der Waals surface area contributed by atoms with Crippen molar-refractivity contribution < 1.29 is 0 Å². The normalized spacial score (nSPS) is 27.2. The zero-order chi connectivity index (χ0) is 6.81. The molecule has 2 aliphatic heterocycles. The van der Waals surface area contributed by atoms with Gasteiger partial charge in [0, 0.05) is 24.8 Å². The molecule has 0 N–H and O–H groups in total. The summed E-state index contributed by atoms with van der Waals surface area (Å²) < 4.78 is 0. The molecule has 0 aliphatic carbocycles. The largest absolute Gasteiger partial charge is 0.341 e. The van der Waals surface area contributed by atoms with Crippen molar-refractivity contribution in [2.75, 3.05) is 0 Å². The molecule has 10 heavy (non-hydrogen) atoms. The second kappa shape index (κ2) is 2.14. The molecule has 50 valence electrons. The van der Waals surface area contributed by atoms with Crippen LogP contribution in [-0.4, -0.2) is 17.2 Å². The Morgan fingerprint density at radius 2 is 2.20 bits per heavy atom. The van der Waals surface area contributed by atoms with Crippen molar-refractivity contribution >= 4 is 6.21 Å². The summed E-state index contributed by atoms with van der Waals surface area (Å²) in [7, 11) is 0. The van der Waals surface area contributed by atoms with Crippen LogP contribution in [-0.2, 0) is 0 Å². The van der Waals surface area contributed by atoms with Gasteiger partial charge in [-0.15, -0.1) is 0 Å². The molecule has 0 saturated heterocycles. The first-order valence-electron chi connectivity index (χ1n) is 3.29. The molecule has 0 aromatic heterocycles. The molecule has 0 radical (unpaired) electrons. The quantitative estimate of drug-likeness (QED) is 0.485. The zero-order valence-electron chi connectivity index (χ0n) is 5.51. The van der Waals surface area contributed by atoms with Gasteiger partial charge in [0.1, 0.15) is 0 Å². The van der Waals surface area contributed by atoms with Crippen molar-refractivity contribution in [2.24, 2.45) is 4.99 Å². The highest BCUT2D eigenvalue weighted by atomic mass is 15.1. The van der Waals surface area contributed by atoms with Crippen molar-refractivity contribution in [3.8, 4) is 0 Å². The molecule has 1 atom stereocenters. The fourth-order valence-corrected chi connectivity index (χ4v) is 1.05. The highest BCUT2D eigenvalue weighted by Crippen LogP contribution is 2.09. The van der Waals surface area contributed by atoms with E-state index in [1.54, 1.807) is 6.20 Å². The van der Waals surface area contributed by atoms with Crippen molar-refractivity contribution in [3.63, 3.8) is 0 Å². The van der Waals surface area contributed by atoms with Crippen LogP contribution in [0.1, 0.15) is 0 Å². The summed E-state index contributed by atoms with van der Waals surface area (Å²) in [6.45, 7) is 0.